The Bertz CT molecular complexity index is 951. The average molecular weight is 339 g/mol. The van der Waals surface area contributed by atoms with Crippen molar-refractivity contribution in [1.82, 2.24) is 15.2 Å². The maximum absolute atomic E-state index is 14.5. The maximum atomic E-state index is 14.5. The average Bonchev–Trinajstić information content (AvgIpc) is 2.99. The summed E-state index contributed by atoms with van der Waals surface area (Å²) in [5.74, 6) is 0.460. The zero-order valence-electron chi connectivity index (χ0n) is 13.8. The van der Waals surface area contributed by atoms with Crippen molar-refractivity contribution >= 4 is 16.9 Å². The van der Waals surface area contributed by atoms with Crippen molar-refractivity contribution in [3.63, 3.8) is 0 Å². The predicted octanol–water partition coefficient (Wildman–Crippen LogP) is 3.51. The lowest BCUT2D eigenvalue weighted by molar-refractivity contribution is 0.190. The van der Waals surface area contributed by atoms with E-state index in [9.17, 15) is 9.18 Å². The standard InChI is InChI=1S/C19H18FN3O2/c1-21-19(24)23-8-9-25-17-5-2-12(10-13(17)11-23)18-14-6-7-22-16(14)4-3-15(18)20/h2-7,10,22H,8-9,11H2,1H3,(H,21,24). The second-order valence-electron chi connectivity index (χ2n) is 6.01. The zero-order chi connectivity index (χ0) is 17.4. The number of nitrogens with one attached hydrogen (secondary N) is 2. The fourth-order valence-corrected chi connectivity index (χ4v) is 3.28. The number of rotatable bonds is 1. The van der Waals surface area contributed by atoms with Crippen molar-refractivity contribution in [3.8, 4) is 16.9 Å². The van der Waals surface area contributed by atoms with Gasteiger partial charge in [0.2, 0.25) is 0 Å². The molecule has 0 radical (unpaired) electrons. The van der Waals surface area contributed by atoms with Crippen molar-refractivity contribution < 1.29 is 13.9 Å². The summed E-state index contributed by atoms with van der Waals surface area (Å²) in [5.41, 5.74) is 3.07. The summed E-state index contributed by atoms with van der Waals surface area (Å²) in [6.07, 6.45) is 1.80. The smallest absolute Gasteiger partial charge is 0.317 e. The third kappa shape index (κ3) is 2.69. The summed E-state index contributed by atoms with van der Waals surface area (Å²) in [4.78, 5) is 16.8. The first-order valence-corrected chi connectivity index (χ1v) is 8.15. The number of benzene rings is 2. The lowest BCUT2D eigenvalue weighted by atomic mass is 9.98. The van der Waals surface area contributed by atoms with Gasteiger partial charge in [-0.05, 0) is 35.9 Å². The molecule has 1 aromatic heterocycles. The van der Waals surface area contributed by atoms with E-state index in [1.165, 1.54) is 6.07 Å². The van der Waals surface area contributed by atoms with Crippen LogP contribution in [0.4, 0.5) is 9.18 Å². The fraction of sp³-hybridized carbons (Fsp3) is 0.211. The van der Waals surface area contributed by atoms with Crippen LogP contribution in [0.15, 0.2) is 42.6 Å². The Morgan fingerprint density at radius 1 is 1.28 bits per heavy atom. The normalized spacial score (nSPS) is 13.9. The second-order valence-corrected chi connectivity index (χ2v) is 6.01. The highest BCUT2D eigenvalue weighted by atomic mass is 19.1. The van der Waals surface area contributed by atoms with Gasteiger partial charge < -0.3 is 19.9 Å². The second kappa shape index (κ2) is 6.12. The summed E-state index contributed by atoms with van der Waals surface area (Å²) >= 11 is 0. The SMILES string of the molecule is CNC(=O)N1CCOc2ccc(-c3c(F)ccc4[nH]ccc34)cc2C1. The number of aromatic amines is 1. The molecule has 2 amide bonds. The van der Waals surface area contributed by atoms with Crippen LogP contribution in [0, 0.1) is 5.82 Å². The number of hydrogen-bond donors (Lipinski definition) is 2. The highest BCUT2D eigenvalue weighted by Gasteiger charge is 2.20. The Labute approximate surface area is 144 Å². The molecule has 128 valence electrons. The number of ether oxygens (including phenoxy) is 1. The number of aromatic nitrogens is 1. The molecule has 0 spiro atoms. The summed E-state index contributed by atoms with van der Waals surface area (Å²) in [6.45, 7) is 1.36. The molecule has 1 aliphatic rings. The molecule has 1 aliphatic heterocycles. The molecule has 6 heteroatoms. The van der Waals surface area contributed by atoms with E-state index in [2.05, 4.69) is 10.3 Å². The lowest BCUT2D eigenvalue weighted by Crippen LogP contribution is -2.38. The number of fused-ring (bicyclic) bond motifs is 2. The monoisotopic (exact) mass is 339 g/mol. The highest BCUT2D eigenvalue weighted by Crippen LogP contribution is 2.34. The van der Waals surface area contributed by atoms with Crippen LogP contribution in [0.5, 0.6) is 5.75 Å². The van der Waals surface area contributed by atoms with E-state index < -0.39 is 0 Å². The molecule has 2 N–H and O–H groups in total. The summed E-state index contributed by atoms with van der Waals surface area (Å²) in [7, 11) is 1.60. The van der Waals surface area contributed by atoms with Gasteiger partial charge in [0.25, 0.3) is 0 Å². The van der Waals surface area contributed by atoms with E-state index in [0.29, 0.717) is 25.3 Å². The van der Waals surface area contributed by atoms with Crippen molar-refractivity contribution in [1.29, 1.82) is 0 Å². The first-order chi connectivity index (χ1) is 12.2. The lowest BCUT2D eigenvalue weighted by Gasteiger charge is -2.19. The van der Waals surface area contributed by atoms with Crippen LogP contribution in [0.3, 0.4) is 0 Å². The Morgan fingerprint density at radius 2 is 2.16 bits per heavy atom. The van der Waals surface area contributed by atoms with Gasteiger partial charge in [-0.1, -0.05) is 6.07 Å². The highest BCUT2D eigenvalue weighted by molar-refractivity contribution is 5.95. The third-order valence-electron chi connectivity index (χ3n) is 4.51. The number of hydrogen-bond acceptors (Lipinski definition) is 2. The minimum atomic E-state index is -0.273. The number of nitrogens with zero attached hydrogens (tertiary/aromatic N) is 1. The number of carbonyl (C=O) groups excluding carboxylic acids is 1. The Kier molecular flexibility index (Phi) is 3.80. The van der Waals surface area contributed by atoms with Gasteiger partial charge in [-0.15, -0.1) is 0 Å². The fourth-order valence-electron chi connectivity index (χ4n) is 3.28. The first kappa shape index (κ1) is 15.5. The van der Waals surface area contributed by atoms with Crippen LogP contribution in [-0.2, 0) is 6.54 Å². The minimum absolute atomic E-state index is 0.152. The molecule has 5 nitrogen and oxygen atoms in total. The molecule has 0 aliphatic carbocycles. The van der Waals surface area contributed by atoms with Crippen molar-refractivity contribution in [2.45, 2.75) is 6.54 Å². The summed E-state index contributed by atoms with van der Waals surface area (Å²) < 4.78 is 20.3. The third-order valence-corrected chi connectivity index (χ3v) is 4.51. The molecule has 2 aromatic carbocycles. The van der Waals surface area contributed by atoms with Gasteiger partial charge >= 0.3 is 6.03 Å². The topological polar surface area (TPSA) is 57.4 Å². The van der Waals surface area contributed by atoms with Gasteiger partial charge in [0.15, 0.2) is 0 Å². The minimum Gasteiger partial charge on any atom is -0.491 e. The van der Waals surface area contributed by atoms with E-state index in [4.69, 9.17) is 4.74 Å². The molecule has 4 rings (SSSR count). The van der Waals surface area contributed by atoms with E-state index in [1.807, 2.05) is 24.3 Å². The van der Waals surface area contributed by atoms with E-state index >= 15 is 0 Å². The van der Waals surface area contributed by atoms with Crippen LogP contribution in [0.25, 0.3) is 22.0 Å². The molecule has 25 heavy (non-hydrogen) atoms. The van der Waals surface area contributed by atoms with Crippen molar-refractivity contribution in [2.24, 2.45) is 0 Å². The van der Waals surface area contributed by atoms with Crippen LogP contribution >= 0.6 is 0 Å². The van der Waals surface area contributed by atoms with Gasteiger partial charge in [0.05, 0.1) is 13.1 Å². The van der Waals surface area contributed by atoms with Crippen LogP contribution < -0.4 is 10.1 Å². The molecule has 2 heterocycles. The van der Waals surface area contributed by atoms with Gasteiger partial charge in [-0.25, -0.2) is 9.18 Å². The number of amides is 2. The Balaban J connectivity index is 1.80. The van der Waals surface area contributed by atoms with E-state index in [1.54, 1.807) is 24.2 Å². The molecule has 0 atom stereocenters. The van der Waals surface area contributed by atoms with Crippen LogP contribution in [-0.4, -0.2) is 36.1 Å². The van der Waals surface area contributed by atoms with Crippen LogP contribution in [0.1, 0.15) is 5.56 Å². The van der Waals surface area contributed by atoms with E-state index in [0.717, 1.165) is 27.8 Å². The molecule has 0 unspecified atom stereocenters. The van der Waals surface area contributed by atoms with Gasteiger partial charge in [-0.2, -0.15) is 0 Å². The maximum Gasteiger partial charge on any atom is 0.317 e. The first-order valence-electron chi connectivity index (χ1n) is 8.15. The van der Waals surface area contributed by atoms with Crippen LogP contribution in [0.2, 0.25) is 0 Å². The molecule has 0 saturated heterocycles. The Morgan fingerprint density at radius 3 is 3.00 bits per heavy atom. The van der Waals surface area contributed by atoms with Crippen molar-refractivity contribution in [3.05, 3.63) is 54.0 Å². The summed E-state index contributed by atoms with van der Waals surface area (Å²) in [5, 5.41) is 3.47. The molecule has 0 bridgehead atoms. The largest absolute Gasteiger partial charge is 0.491 e. The molecular formula is C19H18FN3O2. The molecule has 0 fully saturated rings. The predicted molar refractivity (Wildman–Crippen MR) is 94.1 cm³/mol. The summed E-state index contributed by atoms with van der Waals surface area (Å²) in [6, 6.07) is 10.5. The van der Waals surface area contributed by atoms with Gasteiger partial charge in [0.1, 0.15) is 18.2 Å². The van der Waals surface area contributed by atoms with E-state index in [-0.39, 0.29) is 11.8 Å². The van der Waals surface area contributed by atoms with Gasteiger partial charge in [0, 0.05) is 35.3 Å². The Hall–Kier alpha value is -3.02. The number of carbonyl (C=O) groups is 1. The molecule has 0 saturated carbocycles. The molecular weight excluding hydrogens is 321 g/mol. The number of halogens is 1. The van der Waals surface area contributed by atoms with Gasteiger partial charge in [-0.3, -0.25) is 0 Å². The zero-order valence-corrected chi connectivity index (χ0v) is 13.8. The molecule has 3 aromatic rings. The quantitative estimate of drug-likeness (QED) is 0.713. The number of H-pyrrole nitrogens is 1. The van der Waals surface area contributed by atoms with Crippen molar-refractivity contribution in [2.75, 3.05) is 20.2 Å². The number of urea groups is 1.